The maximum atomic E-state index is 13.1. The van der Waals surface area contributed by atoms with Crippen molar-refractivity contribution in [2.75, 3.05) is 38.3 Å². The molecule has 0 spiro atoms. The topological polar surface area (TPSA) is 65.1 Å². The van der Waals surface area contributed by atoms with Crippen LogP contribution in [0, 0.1) is 0 Å². The first-order valence-electron chi connectivity index (χ1n) is 11.4. The molecular formula is C27H22F3N3O4. The Morgan fingerprint density at radius 1 is 0.973 bits per heavy atom. The van der Waals surface area contributed by atoms with Crippen molar-refractivity contribution in [3.05, 3.63) is 65.9 Å². The number of rotatable bonds is 4. The zero-order valence-electron chi connectivity index (χ0n) is 20.1. The Hall–Kier alpha value is -4.34. The van der Waals surface area contributed by atoms with Gasteiger partial charge in [-0.2, -0.15) is 13.2 Å². The van der Waals surface area contributed by atoms with Crippen LogP contribution in [0.2, 0.25) is 0 Å². The predicted octanol–water partition coefficient (Wildman–Crippen LogP) is 6.23. The molecule has 190 valence electrons. The summed E-state index contributed by atoms with van der Waals surface area (Å²) in [5.74, 6) is 2.67. The zero-order chi connectivity index (χ0) is 25.9. The number of hydrogen-bond donors (Lipinski definition) is 1. The first-order valence-corrected chi connectivity index (χ1v) is 11.4. The number of benzene rings is 3. The van der Waals surface area contributed by atoms with E-state index in [-0.39, 0.29) is 12.6 Å². The monoisotopic (exact) mass is 509 g/mol. The van der Waals surface area contributed by atoms with Crippen LogP contribution in [0.5, 0.6) is 23.0 Å². The quantitative estimate of drug-likeness (QED) is 0.350. The fourth-order valence-electron chi connectivity index (χ4n) is 5.03. The molecule has 10 heteroatoms. The highest BCUT2D eigenvalue weighted by Crippen LogP contribution is 2.53. The van der Waals surface area contributed by atoms with Crippen molar-refractivity contribution >= 4 is 22.3 Å². The van der Waals surface area contributed by atoms with E-state index in [0.29, 0.717) is 23.0 Å². The molecule has 1 N–H and O–H groups in total. The molecule has 0 bridgehead atoms. The number of methoxy groups -OCH3 is 2. The van der Waals surface area contributed by atoms with Gasteiger partial charge in [-0.05, 0) is 47.3 Å². The summed E-state index contributed by atoms with van der Waals surface area (Å²) in [6, 6.07) is 14.1. The number of fused-ring (bicyclic) bond motifs is 6. The molecule has 3 heterocycles. The van der Waals surface area contributed by atoms with Crippen molar-refractivity contribution in [1.82, 2.24) is 4.98 Å². The maximum Gasteiger partial charge on any atom is 0.417 e. The number of aromatic nitrogens is 1. The van der Waals surface area contributed by atoms with Crippen LogP contribution in [-0.4, -0.2) is 33.0 Å². The molecule has 6 rings (SSSR count). The first-order chi connectivity index (χ1) is 17.8. The molecule has 1 unspecified atom stereocenters. The lowest BCUT2D eigenvalue weighted by Gasteiger charge is -2.40. The van der Waals surface area contributed by atoms with Crippen LogP contribution in [0.15, 0.2) is 54.7 Å². The van der Waals surface area contributed by atoms with Gasteiger partial charge in [-0.15, -0.1) is 0 Å². The van der Waals surface area contributed by atoms with E-state index in [9.17, 15) is 13.2 Å². The minimum atomic E-state index is -4.47. The molecule has 0 saturated heterocycles. The minimum absolute atomic E-state index is 0.160. The third-order valence-electron chi connectivity index (χ3n) is 6.75. The number of alkyl halides is 3. The summed E-state index contributed by atoms with van der Waals surface area (Å²) in [5.41, 5.74) is 2.73. The van der Waals surface area contributed by atoms with Crippen molar-refractivity contribution in [3.63, 3.8) is 0 Å². The first kappa shape index (κ1) is 23.1. The Balaban J connectivity index is 1.55. The summed E-state index contributed by atoms with van der Waals surface area (Å²) in [6.07, 6.45) is -4.20. The number of nitrogens with one attached hydrogen (secondary N) is 1. The Morgan fingerprint density at radius 3 is 2.41 bits per heavy atom. The molecule has 0 amide bonds. The number of hydrogen-bond acceptors (Lipinski definition) is 7. The van der Waals surface area contributed by atoms with E-state index in [0.717, 1.165) is 45.4 Å². The highest BCUT2D eigenvalue weighted by Gasteiger charge is 2.36. The van der Waals surface area contributed by atoms with Gasteiger partial charge >= 0.3 is 6.18 Å². The second-order valence-corrected chi connectivity index (χ2v) is 8.74. The summed E-state index contributed by atoms with van der Waals surface area (Å²) in [6.45, 7) is 0.160. The van der Waals surface area contributed by atoms with E-state index in [1.807, 2.05) is 48.3 Å². The molecule has 0 aliphatic carbocycles. The normalized spacial score (nSPS) is 15.8. The number of anilines is 2. The summed E-state index contributed by atoms with van der Waals surface area (Å²) >= 11 is 0. The van der Waals surface area contributed by atoms with Gasteiger partial charge in [-0.1, -0.05) is 12.1 Å². The van der Waals surface area contributed by atoms with Gasteiger partial charge in [0.15, 0.2) is 23.0 Å². The molecule has 2 aliphatic heterocycles. The minimum Gasteiger partial charge on any atom is -0.493 e. The highest BCUT2D eigenvalue weighted by atomic mass is 19.4. The van der Waals surface area contributed by atoms with Gasteiger partial charge in [0.1, 0.15) is 12.0 Å². The van der Waals surface area contributed by atoms with Crippen molar-refractivity contribution in [2.45, 2.75) is 12.3 Å². The van der Waals surface area contributed by atoms with Crippen LogP contribution in [0.3, 0.4) is 0 Å². The Labute approximate surface area is 210 Å². The van der Waals surface area contributed by atoms with Crippen LogP contribution in [0.4, 0.5) is 24.7 Å². The summed E-state index contributed by atoms with van der Waals surface area (Å²) in [4.78, 5) is 6.06. The lowest BCUT2D eigenvalue weighted by molar-refractivity contribution is -0.137. The van der Waals surface area contributed by atoms with Gasteiger partial charge in [0.2, 0.25) is 6.79 Å². The fraction of sp³-hybridized carbons (Fsp3) is 0.222. The summed E-state index contributed by atoms with van der Waals surface area (Å²) in [5, 5.41) is 5.21. The van der Waals surface area contributed by atoms with Gasteiger partial charge in [-0.3, -0.25) is 0 Å². The van der Waals surface area contributed by atoms with Crippen LogP contribution in [-0.2, 0) is 6.18 Å². The zero-order valence-corrected chi connectivity index (χ0v) is 20.1. The van der Waals surface area contributed by atoms with E-state index in [2.05, 4.69) is 10.3 Å². The molecule has 4 aromatic rings. The van der Waals surface area contributed by atoms with Crippen molar-refractivity contribution in [2.24, 2.45) is 0 Å². The second kappa shape index (κ2) is 8.36. The van der Waals surface area contributed by atoms with Crippen LogP contribution >= 0.6 is 0 Å². The van der Waals surface area contributed by atoms with Gasteiger partial charge in [0.25, 0.3) is 0 Å². The average molecular weight is 509 g/mol. The van der Waals surface area contributed by atoms with E-state index < -0.39 is 17.9 Å². The molecule has 3 aromatic carbocycles. The number of nitrogens with zero attached hydrogens (tertiary/aromatic N) is 2. The van der Waals surface area contributed by atoms with Gasteiger partial charge in [0.05, 0.1) is 25.5 Å². The molecule has 0 radical (unpaired) electrons. The SMILES string of the molecule is COc1ccc2c(c1OC)C(Nc1ccc(C(F)(F)F)cn1)N(C)c1c-2ccc2cc3c(cc12)OCO3. The Kier molecular flexibility index (Phi) is 5.22. The Morgan fingerprint density at radius 2 is 1.73 bits per heavy atom. The van der Waals surface area contributed by atoms with Gasteiger partial charge in [-0.25, -0.2) is 4.98 Å². The third kappa shape index (κ3) is 3.62. The van der Waals surface area contributed by atoms with Crippen molar-refractivity contribution in [3.8, 4) is 34.1 Å². The van der Waals surface area contributed by atoms with Crippen LogP contribution in [0.25, 0.3) is 21.9 Å². The molecule has 0 saturated carbocycles. The largest absolute Gasteiger partial charge is 0.493 e. The van der Waals surface area contributed by atoms with E-state index in [1.165, 1.54) is 6.07 Å². The molecule has 1 aromatic heterocycles. The molecule has 0 fully saturated rings. The lowest BCUT2D eigenvalue weighted by Crippen LogP contribution is -2.34. The van der Waals surface area contributed by atoms with Gasteiger partial charge in [0, 0.05) is 29.8 Å². The van der Waals surface area contributed by atoms with Crippen LogP contribution in [0.1, 0.15) is 17.3 Å². The average Bonchev–Trinajstić information content (AvgIpc) is 3.35. The number of ether oxygens (including phenoxy) is 4. The van der Waals surface area contributed by atoms with Gasteiger partial charge < -0.3 is 29.2 Å². The fourth-order valence-corrected chi connectivity index (χ4v) is 5.03. The summed E-state index contributed by atoms with van der Waals surface area (Å²) < 4.78 is 61.9. The third-order valence-corrected chi connectivity index (χ3v) is 6.75. The summed E-state index contributed by atoms with van der Waals surface area (Å²) in [7, 11) is 5.02. The molecule has 7 nitrogen and oxygen atoms in total. The van der Waals surface area contributed by atoms with Crippen LogP contribution < -0.4 is 29.2 Å². The van der Waals surface area contributed by atoms with E-state index in [4.69, 9.17) is 18.9 Å². The number of halogens is 3. The van der Waals surface area contributed by atoms with E-state index in [1.54, 1.807) is 14.2 Å². The molecule has 37 heavy (non-hydrogen) atoms. The van der Waals surface area contributed by atoms with Crippen molar-refractivity contribution < 1.29 is 32.1 Å². The molecular weight excluding hydrogens is 487 g/mol. The van der Waals surface area contributed by atoms with E-state index >= 15 is 0 Å². The smallest absolute Gasteiger partial charge is 0.417 e. The second-order valence-electron chi connectivity index (χ2n) is 8.74. The number of pyridine rings is 1. The lowest BCUT2D eigenvalue weighted by atomic mass is 9.88. The standard InChI is InChI=1S/C27H22F3N3O4/c1-33-24-17(6-4-14-10-20-21(11-18(14)24)37-13-36-20)16-7-8-19(34-2)25(35-3)23(16)26(33)32-22-9-5-15(12-31-22)27(28,29)30/h4-12,26H,13H2,1-3H3,(H,31,32). The highest BCUT2D eigenvalue weighted by molar-refractivity contribution is 6.06. The Bertz CT molecular complexity index is 1520. The molecule has 2 aliphatic rings. The van der Waals surface area contributed by atoms with Crippen molar-refractivity contribution in [1.29, 1.82) is 0 Å². The predicted molar refractivity (Wildman–Crippen MR) is 133 cm³/mol. The molecule has 1 atom stereocenters. The maximum absolute atomic E-state index is 13.1.